The fourth-order valence-corrected chi connectivity index (χ4v) is 6.29. The van der Waals surface area contributed by atoms with Crippen LogP contribution in [0.5, 0.6) is 0 Å². The number of carbonyl (C=O) groups is 2. The lowest BCUT2D eigenvalue weighted by atomic mass is 9.99. The number of ether oxygens (including phenoxy) is 2. The summed E-state index contributed by atoms with van der Waals surface area (Å²) in [5.74, 6) is -0.476. The molecule has 9 nitrogen and oxygen atoms in total. The zero-order valence-electron chi connectivity index (χ0n) is 19.7. The first-order valence-electron chi connectivity index (χ1n) is 11.3. The SMILES string of the molecule is CCOC(=O)NCCN1C(C)c2cc(-c3cn(C(=O)OCC)c4cc(F)ccc34)ccc2S1(O)O. The fraction of sp³-hybridized carbons (Fsp3) is 0.333. The van der Waals surface area contributed by atoms with Crippen LogP contribution in [-0.2, 0) is 9.47 Å². The van der Waals surface area contributed by atoms with E-state index in [1.807, 2.05) is 13.0 Å². The highest BCUT2D eigenvalue weighted by Gasteiger charge is 2.40. The number of hydrogen-bond acceptors (Lipinski definition) is 7. The smallest absolute Gasteiger partial charge is 0.418 e. The molecule has 1 amide bonds. The first kappa shape index (κ1) is 25.0. The number of nitrogens with zero attached hydrogens (tertiary/aromatic N) is 2. The Morgan fingerprint density at radius 3 is 2.57 bits per heavy atom. The maximum absolute atomic E-state index is 14.0. The topological polar surface area (TPSA) is 113 Å². The number of halogens is 1. The number of amides is 1. The lowest BCUT2D eigenvalue weighted by molar-refractivity contribution is 0.151. The Labute approximate surface area is 203 Å². The van der Waals surface area contributed by atoms with Crippen LogP contribution in [0.15, 0.2) is 47.5 Å². The third kappa shape index (κ3) is 4.59. The molecule has 3 N–H and O–H groups in total. The Morgan fingerprint density at radius 2 is 1.86 bits per heavy atom. The third-order valence-electron chi connectivity index (χ3n) is 5.93. The van der Waals surface area contributed by atoms with Gasteiger partial charge in [0.05, 0.1) is 29.7 Å². The van der Waals surface area contributed by atoms with Gasteiger partial charge in [-0.25, -0.2) is 14.0 Å². The number of hydrogen-bond donors (Lipinski definition) is 3. The monoisotopic (exact) mass is 505 g/mol. The van der Waals surface area contributed by atoms with Crippen LogP contribution in [0.25, 0.3) is 22.0 Å². The molecule has 0 fully saturated rings. The largest absolute Gasteiger partial charge is 0.450 e. The van der Waals surface area contributed by atoms with Gasteiger partial charge in [0.2, 0.25) is 0 Å². The molecule has 2 heterocycles. The Bertz CT molecular complexity index is 1280. The number of fused-ring (bicyclic) bond motifs is 2. The van der Waals surface area contributed by atoms with E-state index in [-0.39, 0.29) is 32.3 Å². The van der Waals surface area contributed by atoms with Crippen LogP contribution < -0.4 is 5.32 Å². The minimum Gasteiger partial charge on any atom is -0.450 e. The van der Waals surface area contributed by atoms with Crippen molar-refractivity contribution in [3.05, 3.63) is 54.0 Å². The van der Waals surface area contributed by atoms with Gasteiger partial charge >= 0.3 is 12.2 Å². The average Bonchev–Trinajstić information content (AvgIpc) is 3.27. The standard InChI is InChI=1S/C24H28FN3O6S/c1-4-33-23(29)26-10-11-28-15(3)19-12-16(6-9-22(19)35(28,31)32)20-14-27(24(30)34-5-2)21-13-17(25)7-8-18(20)21/h6-9,12-15,31-32H,4-5,10-11H2,1-3H3,(H,26,29). The Morgan fingerprint density at radius 1 is 1.11 bits per heavy atom. The summed E-state index contributed by atoms with van der Waals surface area (Å²) in [6.07, 6.45) is 0.422. The molecule has 11 heteroatoms. The van der Waals surface area contributed by atoms with Gasteiger partial charge < -0.3 is 14.8 Å². The zero-order valence-corrected chi connectivity index (χ0v) is 20.5. The van der Waals surface area contributed by atoms with Crippen molar-refractivity contribution in [1.29, 1.82) is 0 Å². The predicted octanol–water partition coefficient (Wildman–Crippen LogP) is 5.60. The Hall–Kier alpha value is -3.12. The normalized spacial score (nSPS) is 17.7. The van der Waals surface area contributed by atoms with Crippen molar-refractivity contribution in [2.24, 2.45) is 0 Å². The van der Waals surface area contributed by atoms with Crippen molar-refractivity contribution in [3.8, 4) is 11.1 Å². The van der Waals surface area contributed by atoms with Crippen molar-refractivity contribution < 1.29 is 32.6 Å². The summed E-state index contributed by atoms with van der Waals surface area (Å²) >= 11 is 0. The number of alkyl carbamates (subject to hydrolysis) is 1. The molecule has 1 aliphatic heterocycles. The van der Waals surface area contributed by atoms with Gasteiger partial charge in [-0.1, -0.05) is 6.07 Å². The van der Waals surface area contributed by atoms with Crippen LogP contribution in [-0.4, -0.2) is 56.5 Å². The molecule has 0 saturated carbocycles. The Balaban J connectivity index is 1.68. The summed E-state index contributed by atoms with van der Waals surface area (Å²) in [6.45, 7) is 6.05. The molecule has 2 aromatic carbocycles. The molecular weight excluding hydrogens is 477 g/mol. The Kier molecular flexibility index (Phi) is 7.04. The zero-order chi connectivity index (χ0) is 25.3. The van der Waals surface area contributed by atoms with Gasteiger partial charge in [0.25, 0.3) is 0 Å². The van der Waals surface area contributed by atoms with Crippen molar-refractivity contribution >= 4 is 33.9 Å². The van der Waals surface area contributed by atoms with Crippen LogP contribution in [0.2, 0.25) is 0 Å². The molecular formula is C24H28FN3O6S. The van der Waals surface area contributed by atoms with Gasteiger partial charge in [0, 0.05) is 30.2 Å². The fourth-order valence-electron chi connectivity index (χ4n) is 4.34. The first-order valence-corrected chi connectivity index (χ1v) is 12.8. The summed E-state index contributed by atoms with van der Waals surface area (Å²) in [5.41, 5.74) is 2.51. The van der Waals surface area contributed by atoms with Gasteiger partial charge in [-0.15, -0.1) is 10.8 Å². The maximum atomic E-state index is 14.0. The molecule has 1 unspecified atom stereocenters. The van der Waals surface area contributed by atoms with E-state index in [9.17, 15) is 23.1 Å². The molecule has 4 rings (SSSR count). The molecule has 0 radical (unpaired) electrons. The van der Waals surface area contributed by atoms with E-state index in [1.165, 1.54) is 16.7 Å². The second kappa shape index (κ2) is 9.86. The second-order valence-corrected chi connectivity index (χ2v) is 9.95. The molecule has 3 aromatic rings. The van der Waals surface area contributed by atoms with Gasteiger partial charge in [0.1, 0.15) is 5.82 Å². The van der Waals surface area contributed by atoms with Crippen LogP contribution >= 0.6 is 10.8 Å². The lowest BCUT2D eigenvalue weighted by Crippen LogP contribution is -2.35. The van der Waals surface area contributed by atoms with Crippen molar-refractivity contribution in [3.63, 3.8) is 0 Å². The van der Waals surface area contributed by atoms with Crippen LogP contribution in [0, 0.1) is 5.82 Å². The van der Waals surface area contributed by atoms with E-state index in [2.05, 4.69) is 5.32 Å². The van der Waals surface area contributed by atoms with Crippen molar-refractivity contribution in [2.75, 3.05) is 26.3 Å². The average molecular weight is 506 g/mol. The molecule has 188 valence electrons. The van der Waals surface area contributed by atoms with Gasteiger partial charge in [0.15, 0.2) is 0 Å². The highest BCUT2D eigenvalue weighted by molar-refractivity contribution is 8.22. The molecule has 1 aromatic heterocycles. The van der Waals surface area contributed by atoms with E-state index in [4.69, 9.17) is 9.47 Å². The maximum Gasteiger partial charge on any atom is 0.418 e. The quantitative estimate of drug-likeness (QED) is 0.400. The molecule has 35 heavy (non-hydrogen) atoms. The number of nitrogens with one attached hydrogen (secondary N) is 1. The van der Waals surface area contributed by atoms with E-state index < -0.39 is 28.8 Å². The minimum absolute atomic E-state index is 0.179. The minimum atomic E-state index is -3.26. The van der Waals surface area contributed by atoms with Gasteiger partial charge in [-0.2, -0.15) is 4.31 Å². The summed E-state index contributed by atoms with van der Waals surface area (Å²) < 4.78 is 48.7. The summed E-state index contributed by atoms with van der Waals surface area (Å²) in [4.78, 5) is 24.5. The number of aromatic nitrogens is 1. The lowest BCUT2D eigenvalue weighted by Gasteiger charge is -2.39. The van der Waals surface area contributed by atoms with Crippen LogP contribution in [0.1, 0.15) is 32.4 Å². The highest BCUT2D eigenvalue weighted by Crippen LogP contribution is 2.63. The molecule has 0 aliphatic carbocycles. The summed E-state index contributed by atoms with van der Waals surface area (Å²) in [7, 11) is -3.26. The van der Waals surface area contributed by atoms with Gasteiger partial charge in [-0.05, 0) is 62.2 Å². The van der Waals surface area contributed by atoms with Gasteiger partial charge in [-0.3, -0.25) is 13.7 Å². The highest BCUT2D eigenvalue weighted by atomic mass is 32.3. The van der Waals surface area contributed by atoms with Crippen LogP contribution in [0.3, 0.4) is 0 Å². The van der Waals surface area contributed by atoms with Crippen molar-refractivity contribution in [1.82, 2.24) is 14.2 Å². The summed E-state index contributed by atoms with van der Waals surface area (Å²) in [5, 5.41) is 3.25. The second-order valence-electron chi connectivity index (χ2n) is 8.01. The molecule has 0 saturated heterocycles. The molecule has 1 aliphatic rings. The van der Waals surface area contributed by atoms with E-state index >= 15 is 0 Å². The van der Waals surface area contributed by atoms with E-state index in [0.29, 0.717) is 21.4 Å². The predicted molar refractivity (Wildman–Crippen MR) is 131 cm³/mol. The third-order valence-corrected chi connectivity index (χ3v) is 8.05. The molecule has 0 spiro atoms. The van der Waals surface area contributed by atoms with Crippen molar-refractivity contribution in [2.45, 2.75) is 31.7 Å². The number of carbonyl (C=O) groups excluding carboxylic acids is 2. The van der Waals surface area contributed by atoms with E-state index in [0.717, 1.165) is 11.1 Å². The first-order chi connectivity index (χ1) is 16.7. The molecule has 0 bridgehead atoms. The number of rotatable bonds is 6. The molecule has 1 atom stereocenters. The summed E-state index contributed by atoms with van der Waals surface area (Å²) in [6, 6.07) is 9.11. The van der Waals surface area contributed by atoms with Crippen LogP contribution in [0.4, 0.5) is 14.0 Å². The number of benzene rings is 2. The van der Waals surface area contributed by atoms with E-state index in [1.54, 1.807) is 42.5 Å².